The van der Waals surface area contributed by atoms with Crippen LogP contribution in [0, 0.1) is 11.8 Å². The van der Waals surface area contributed by atoms with E-state index < -0.39 is 152 Å². The molecule has 8 atom stereocenters. The topological polar surface area (TPSA) is 457 Å². The molecule has 388 valence electrons. The maximum atomic E-state index is 13.9. The Hall–Kier alpha value is -7.42. The van der Waals surface area contributed by atoms with Crippen LogP contribution in [-0.4, -0.2) is 159 Å². The summed E-state index contributed by atoms with van der Waals surface area (Å²) in [5.74, 6) is -12.6. The Morgan fingerprint density at radius 2 is 1.09 bits per heavy atom. The summed E-state index contributed by atoms with van der Waals surface area (Å²) in [5.41, 5.74) is 22.0. The number of likely N-dealkylation sites (tertiary alicyclic amines) is 1. The van der Waals surface area contributed by atoms with Crippen LogP contribution >= 0.6 is 0 Å². The maximum Gasteiger partial charge on any atom is 0.326 e. The number of hydrogen-bond donors (Lipinski definition) is 14. The Morgan fingerprint density at radius 1 is 0.629 bits per heavy atom. The molecule has 1 aromatic rings. The minimum Gasteiger partial charge on any atom is -0.508 e. The quantitative estimate of drug-likeness (QED) is 0.0355. The van der Waals surface area contributed by atoms with Crippen LogP contribution in [0.25, 0.3) is 0 Å². The molecule has 0 aromatic heterocycles. The predicted molar refractivity (Wildman–Crippen MR) is 244 cm³/mol. The highest BCUT2D eigenvalue weighted by atomic mass is 16.4. The Bertz CT molecular complexity index is 2090. The monoisotopic (exact) mass is 990 g/mol. The Labute approximate surface area is 402 Å². The Balaban J connectivity index is 2.16. The molecule has 0 spiro atoms. The van der Waals surface area contributed by atoms with E-state index in [0.29, 0.717) is 12.0 Å². The number of carboxylic acids is 1. The van der Waals surface area contributed by atoms with Crippen molar-refractivity contribution in [2.24, 2.45) is 34.8 Å². The van der Waals surface area contributed by atoms with Crippen LogP contribution in [0.5, 0.6) is 5.75 Å². The Kier molecular flexibility index (Phi) is 23.6. The summed E-state index contributed by atoms with van der Waals surface area (Å²) in [6, 6.07) is -6.50. The third-order valence-electron chi connectivity index (χ3n) is 10.6. The van der Waals surface area contributed by atoms with Crippen molar-refractivity contribution in [2.75, 3.05) is 19.7 Å². The maximum absolute atomic E-state index is 13.9. The van der Waals surface area contributed by atoms with E-state index in [1.165, 1.54) is 24.3 Å². The smallest absolute Gasteiger partial charge is 0.326 e. The van der Waals surface area contributed by atoms with Crippen LogP contribution in [0.3, 0.4) is 0 Å². The van der Waals surface area contributed by atoms with Crippen LogP contribution in [0.1, 0.15) is 78.2 Å². The van der Waals surface area contributed by atoms with Gasteiger partial charge in [-0.2, -0.15) is 0 Å². The minimum atomic E-state index is -1.78. The molecule has 0 aliphatic carbocycles. The number of aliphatic hydroxyl groups excluding tert-OH is 1. The average molecular weight is 991 g/mol. The molecule has 1 aromatic carbocycles. The molecule has 27 heteroatoms. The first-order valence-electron chi connectivity index (χ1n) is 22.3. The fourth-order valence-electron chi connectivity index (χ4n) is 7.19. The van der Waals surface area contributed by atoms with Gasteiger partial charge in [0.15, 0.2) is 0 Å². The number of nitrogens with zero attached hydrogens (tertiary/aromatic N) is 1. The highest BCUT2D eigenvalue weighted by Crippen LogP contribution is 2.20. The first kappa shape index (κ1) is 58.7. The second kappa shape index (κ2) is 28.2. The van der Waals surface area contributed by atoms with Gasteiger partial charge < -0.3 is 80.4 Å². The van der Waals surface area contributed by atoms with Gasteiger partial charge in [0.2, 0.25) is 65.0 Å². The zero-order chi connectivity index (χ0) is 53.0. The molecule has 2 rings (SSSR count). The molecule has 70 heavy (non-hydrogen) atoms. The van der Waals surface area contributed by atoms with E-state index >= 15 is 0 Å². The van der Waals surface area contributed by atoms with E-state index in [9.17, 15) is 72.9 Å². The number of primary amides is 3. The summed E-state index contributed by atoms with van der Waals surface area (Å²) >= 11 is 0. The van der Waals surface area contributed by atoms with Gasteiger partial charge in [-0.3, -0.25) is 52.7 Å². The molecule has 11 amide bonds. The molecule has 0 bridgehead atoms. The fraction of sp³-hybridized carbons (Fsp3) is 0.581. The summed E-state index contributed by atoms with van der Waals surface area (Å²) in [7, 11) is 0. The van der Waals surface area contributed by atoms with Gasteiger partial charge in [0, 0.05) is 13.0 Å². The van der Waals surface area contributed by atoms with E-state index in [1.807, 2.05) is 0 Å². The average Bonchev–Trinajstić information content (AvgIpc) is 3.76. The molecule has 0 saturated carbocycles. The van der Waals surface area contributed by atoms with Crippen molar-refractivity contribution in [1.82, 2.24) is 42.1 Å². The minimum absolute atomic E-state index is 0.00729. The van der Waals surface area contributed by atoms with Gasteiger partial charge in [0.25, 0.3) is 0 Å². The molecule has 1 saturated heterocycles. The van der Waals surface area contributed by atoms with E-state index in [4.69, 9.17) is 22.9 Å². The van der Waals surface area contributed by atoms with Crippen molar-refractivity contribution < 1.29 is 72.9 Å². The number of nitrogens with two attached hydrogens (primary N) is 4. The van der Waals surface area contributed by atoms with Crippen LogP contribution in [0.2, 0.25) is 0 Å². The number of carbonyl (C=O) groups is 12. The number of carbonyl (C=O) groups excluding carboxylic acids is 11. The number of aliphatic carboxylic acids is 1. The van der Waals surface area contributed by atoms with Crippen molar-refractivity contribution in [3.05, 3.63) is 29.8 Å². The van der Waals surface area contributed by atoms with E-state index in [1.54, 1.807) is 27.7 Å². The number of carboxylic acid groups (broad SMARTS) is 1. The number of phenols is 1. The first-order valence-corrected chi connectivity index (χ1v) is 22.3. The number of phenolic OH excluding ortho intramolecular Hbond substituents is 1. The zero-order valence-electron chi connectivity index (χ0n) is 39.4. The third kappa shape index (κ3) is 20.0. The largest absolute Gasteiger partial charge is 0.508 e. The summed E-state index contributed by atoms with van der Waals surface area (Å²) in [5, 5.41) is 45.5. The summed E-state index contributed by atoms with van der Waals surface area (Å²) in [6.07, 6.45) is -1.89. The van der Waals surface area contributed by atoms with Gasteiger partial charge >= 0.3 is 5.97 Å². The van der Waals surface area contributed by atoms with Crippen LogP contribution in [0.4, 0.5) is 0 Å². The number of benzene rings is 1. The SMILES string of the molecule is CC(C)C[C@H](NC(=O)CNC(=O)[C@@H]1CCCN1C(=O)[C@H](CC(N)=O)NC(=O)[C@H](CC(C)C)NC(=O)[C@@H](N)CC(N)=O)C(=O)N[C@@H](CC(N)=O)C(=O)N[C@@H](CO)C(=O)N[C@@H](Cc1ccc(O)cc1)C(=O)O. The lowest BCUT2D eigenvalue weighted by molar-refractivity contribution is -0.143. The molecule has 0 radical (unpaired) electrons. The molecule has 0 unspecified atom stereocenters. The van der Waals surface area contributed by atoms with Gasteiger partial charge in [-0.15, -0.1) is 0 Å². The number of aromatic hydroxyl groups is 1. The van der Waals surface area contributed by atoms with Crippen molar-refractivity contribution in [3.8, 4) is 5.75 Å². The molecular formula is C43H66N12O15. The normalized spacial score (nSPS) is 16.2. The molecule has 1 fully saturated rings. The fourth-order valence-corrected chi connectivity index (χ4v) is 7.19. The lowest BCUT2D eigenvalue weighted by atomic mass is 10.0. The third-order valence-corrected chi connectivity index (χ3v) is 10.6. The van der Waals surface area contributed by atoms with Gasteiger partial charge in [0.05, 0.1) is 38.5 Å². The lowest BCUT2D eigenvalue weighted by Crippen LogP contribution is -2.60. The highest BCUT2D eigenvalue weighted by molar-refractivity contribution is 5.99. The summed E-state index contributed by atoms with van der Waals surface area (Å²) in [4.78, 5) is 155. The number of nitrogens with one attached hydrogen (secondary N) is 7. The van der Waals surface area contributed by atoms with Crippen molar-refractivity contribution in [1.29, 1.82) is 0 Å². The van der Waals surface area contributed by atoms with Gasteiger partial charge in [-0.25, -0.2) is 4.79 Å². The van der Waals surface area contributed by atoms with Crippen molar-refractivity contribution >= 4 is 70.9 Å². The lowest BCUT2D eigenvalue weighted by Gasteiger charge is -2.30. The number of amides is 11. The number of hydrogen-bond acceptors (Lipinski definition) is 15. The molecule has 1 aliphatic heterocycles. The number of rotatable bonds is 29. The standard InChI is InChI=1S/C43H66N12O15/c1-20(2)12-25(37(63)51-27(16-33(46)59)39(65)54-30(19-56)40(66)53-29(43(69)70)14-22-7-9-23(57)10-8-22)49-35(61)18-48-41(67)31-6-5-11-55(31)42(68)28(17-34(47)60)52-38(64)26(13-21(3)4)50-36(62)24(44)15-32(45)58/h7-10,20-21,24-31,56-57H,5-6,11-19,44H2,1-4H3,(H2,45,58)(H2,46,59)(H2,47,60)(H,48,67)(H,49,61)(H,50,62)(H,51,63)(H,52,64)(H,53,66)(H,54,65)(H,69,70)/t24-,25-,26-,27-,28-,29-,30-,31-/m0/s1. The number of aliphatic hydroxyl groups is 1. The predicted octanol–water partition coefficient (Wildman–Crippen LogP) is -5.93. The van der Waals surface area contributed by atoms with Gasteiger partial charge in [-0.05, 0) is 55.2 Å². The van der Waals surface area contributed by atoms with Crippen LogP contribution in [-0.2, 0) is 64.0 Å². The van der Waals surface area contributed by atoms with E-state index in [2.05, 4.69) is 37.2 Å². The molecule has 18 N–H and O–H groups in total. The Morgan fingerprint density at radius 3 is 1.60 bits per heavy atom. The van der Waals surface area contributed by atoms with Gasteiger partial charge in [-0.1, -0.05) is 39.8 Å². The molecule has 1 heterocycles. The van der Waals surface area contributed by atoms with E-state index in [-0.39, 0.29) is 49.8 Å². The molecule has 27 nitrogen and oxygen atoms in total. The summed E-state index contributed by atoms with van der Waals surface area (Å²) < 4.78 is 0. The van der Waals surface area contributed by atoms with Crippen molar-refractivity contribution in [3.63, 3.8) is 0 Å². The second-order valence-electron chi connectivity index (χ2n) is 17.6. The second-order valence-corrected chi connectivity index (χ2v) is 17.6. The van der Waals surface area contributed by atoms with Crippen molar-refractivity contribution in [2.45, 2.75) is 127 Å². The highest BCUT2D eigenvalue weighted by Gasteiger charge is 2.40. The van der Waals surface area contributed by atoms with Gasteiger partial charge in [0.1, 0.15) is 48.0 Å². The van der Waals surface area contributed by atoms with Crippen LogP contribution < -0.4 is 60.2 Å². The van der Waals surface area contributed by atoms with Crippen LogP contribution in [0.15, 0.2) is 24.3 Å². The summed E-state index contributed by atoms with van der Waals surface area (Å²) in [6.45, 7) is 5.08. The molecular weight excluding hydrogens is 925 g/mol. The first-order chi connectivity index (χ1) is 32.7. The zero-order valence-corrected chi connectivity index (χ0v) is 39.4. The van der Waals surface area contributed by atoms with E-state index in [0.717, 1.165) is 4.90 Å². The molecule has 1 aliphatic rings.